The highest BCUT2D eigenvalue weighted by molar-refractivity contribution is 5.74. The van der Waals surface area contributed by atoms with Crippen LogP contribution in [0.2, 0.25) is 0 Å². The molecule has 98 valence electrons. The fraction of sp³-hybridized carbons (Fsp3) is 0.533. The lowest BCUT2D eigenvalue weighted by atomic mass is 9.86. The van der Waals surface area contributed by atoms with Gasteiger partial charge in [0.1, 0.15) is 0 Å². The molecule has 0 spiro atoms. The number of hydrogen-bond acceptors (Lipinski definition) is 3. The number of hydrogen-bond donors (Lipinski definition) is 0. The van der Waals surface area contributed by atoms with Crippen molar-refractivity contribution in [2.75, 3.05) is 26.7 Å². The quantitative estimate of drug-likeness (QED) is 0.767. The first kappa shape index (κ1) is 13.1. The SMILES string of the molecule is CCOC(=O)C1CN(C)CC1c1ccccc1C. The van der Waals surface area contributed by atoms with Gasteiger partial charge in [-0.05, 0) is 32.0 Å². The molecule has 1 aromatic carbocycles. The zero-order chi connectivity index (χ0) is 13.1. The van der Waals surface area contributed by atoms with Gasteiger partial charge in [0.2, 0.25) is 0 Å². The van der Waals surface area contributed by atoms with Gasteiger partial charge in [-0.25, -0.2) is 0 Å². The maximum absolute atomic E-state index is 12.0. The number of esters is 1. The minimum absolute atomic E-state index is 0.0314. The van der Waals surface area contributed by atoms with E-state index in [1.807, 2.05) is 19.1 Å². The second-order valence-corrected chi connectivity index (χ2v) is 5.04. The summed E-state index contributed by atoms with van der Waals surface area (Å²) in [5.41, 5.74) is 2.53. The molecule has 1 aliphatic rings. The lowest BCUT2D eigenvalue weighted by molar-refractivity contribution is -0.147. The van der Waals surface area contributed by atoms with Crippen LogP contribution >= 0.6 is 0 Å². The Labute approximate surface area is 109 Å². The van der Waals surface area contributed by atoms with Crippen molar-refractivity contribution in [3.8, 4) is 0 Å². The summed E-state index contributed by atoms with van der Waals surface area (Å²) in [4.78, 5) is 14.2. The minimum atomic E-state index is -0.0601. The molecular weight excluding hydrogens is 226 g/mol. The van der Waals surface area contributed by atoms with Crippen LogP contribution in [-0.2, 0) is 9.53 Å². The fourth-order valence-electron chi connectivity index (χ4n) is 2.81. The average molecular weight is 247 g/mol. The zero-order valence-corrected chi connectivity index (χ0v) is 11.3. The predicted molar refractivity (Wildman–Crippen MR) is 71.5 cm³/mol. The second-order valence-electron chi connectivity index (χ2n) is 5.04. The lowest BCUT2D eigenvalue weighted by Gasteiger charge is -2.19. The largest absolute Gasteiger partial charge is 0.466 e. The Hall–Kier alpha value is -1.35. The molecule has 0 aliphatic carbocycles. The van der Waals surface area contributed by atoms with Gasteiger partial charge in [0.25, 0.3) is 0 Å². The molecule has 1 aliphatic heterocycles. The highest BCUT2D eigenvalue weighted by atomic mass is 16.5. The first-order valence-electron chi connectivity index (χ1n) is 6.54. The number of carbonyl (C=O) groups is 1. The molecule has 1 heterocycles. The lowest BCUT2D eigenvalue weighted by Crippen LogP contribution is -2.24. The summed E-state index contributed by atoms with van der Waals surface area (Å²) in [5.74, 6) is 0.168. The van der Waals surface area contributed by atoms with Crippen molar-refractivity contribution in [1.29, 1.82) is 0 Å². The van der Waals surface area contributed by atoms with Crippen LogP contribution in [-0.4, -0.2) is 37.6 Å². The van der Waals surface area contributed by atoms with Gasteiger partial charge in [-0.1, -0.05) is 24.3 Å². The van der Waals surface area contributed by atoms with Gasteiger partial charge in [0.05, 0.1) is 12.5 Å². The van der Waals surface area contributed by atoms with Gasteiger partial charge in [0, 0.05) is 19.0 Å². The number of rotatable bonds is 3. The molecule has 2 atom stereocenters. The summed E-state index contributed by atoms with van der Waals surface area (Å²) in [6, 6.07) is 8.32. The number of aryl methyl sites for hydroxylation is 1. The number of nitrogens with zero attached hydrogens (tertiary/aromatic N) is 1. The van der Waals surface area contributed by atoms with Crippen LogP contribution in [0.1, 0.15) is 24.0 Å². The molecule has 2 rings (SSSR count). The van der Waals surface area contributed by atoms with Crippen LogP contribution in [0.25, 0.3) is 0 Å². The first-order chi connectivity index (χ1) is 8.63. The van der Waals surface area contributed by atoms with E-state index in [4.69, 9.17) is 4.74 Å². The molecular formula is C15H21NO2. The predicted octanol–water partition coefficient (Wildman–Crippen LogP) is 2.20. The Bertz CT molecular complexity index is 430. The standard InChI is InChI=1S/C15H21NO2/c1-4-18-15(17)14-10-16(3)9-13(14)12-8-6-5-7-11(12)2/h5-8,13-14H,4,9-10H2,1-3H3. The molecule has 0 aromatic heterocycles. The molecule has 0 bridgehead atoms. The number of likely N-dealkylation sites (tertiary alicyclic amines) is 1. The third-order valence-electron chi connectivity index (χ3n) is 3.68. The molecule has 0 N–H and O–H groups in total. The summed E-state index contributed by atoms with van der Waals surface area (Å²) in [5, 5.41) is 0. The minimum Gasteiger partial charge on any atom is -0.466 e. The number of benzene rings is 1. The highest BCUT2D eigenvalue weighted by Crippen LogP contribution is 2.34. The molecule has 0 radical (unpaired) electrons. The Kier molecular flexibility index (Phi) is 4.02. The van der Waals surface area contributed by atoms with Crippen molar-refractivity contribution >= 4 is 5.97 Å². The van der Waals surface area contributed by atoms with Gasteiger partial charge in [-0.3, -0.25) is 4.79 Å². The molecule has 1 fully saturated rings. The monoisotopic (exact) mass is 247 g/mol. The third kappa shape index (κ3) is 2.56. The molecule has 1 saturated heterocycles. The summed E-state index contributed by atoms with van der Waals surface area (Å²) < 4.78 is 5.20. The van der Waals surface area contributed by atoms with E-state index in [1.54, 1.807) is 0 Å². The smallest absolute Gasteiger partial charge is 0.310 e. The van der Waals surface area contributed by atoms with E-state index >= 15 is 0 Å². The van der Waals surface area contributed by atoms with Crippen LogP contribution in [0.3, 0.4) is 0 Å². The van der Waals surface area contributed by atoms with Crippen LogP contribution in [0.5, 0.6) is 0 Å². The normalized spacial score (nSPS) is 24.2. The van der Waals surface area contributed by atoms with E-state index in [0.29, 0.717) is 6.61 Å². The maximum Gasteiger partial charge on any atom is 0.310 e. The van der Waals surface area contributed by atoms with Gasteiger partial charge >= 0.3 is 5.97 Å². The van der Waals surface area contributed by atoms with Gasteiger partial charge in [0.15, 0.2) is 0 Å². The molecule has 18 heavy (non-hydrogen) atoms. The molecule has 3 heteroatoms. The molecule has 0 amide bonds. The van der Waals surface area contributed by atoms with Gasteiger partial charge < -0.3 is 9.64 Å². The summed E-state index contributed by atoms with van der Waals surface area (Å²) in [6.45, 7) is 6.14. The fourth-order valence-corrected chi connectivity index (χ4v) is 2.81. The maximum atomic E-state index is 12.0. The molecule has 2 unspecified atom stereocenters. The Morgan fingerprint density at radius 2 is 2.11 bits per heavy atom. The molecule has 1 aromatic rings. The van der Waals surface area contributed by atoms with E-state index in [-0.39, 0.29) is 17.8 Å². The highest BCUT2D eigenvalue weighted by Gasteiger charge is 2.38. The van der Waals surface area contributed by atoms with E-state index in [2.05, 4.69) is 31.0 Å². The average Bonchev–Trinajstić information content (AvgIpc) is 2.72. The summed E-state index contributed by atoms with van der Waals surface area (Å²) in [7, 11) is 2.06. The number of likely N-dealkylation sites (N-methyl/N-ethyl adjacent to an activating group) is 1. The van der Waals surface area contributed by atoms with Crippen LogP contribution in [0.4, 0.5) is 0 Å². The summed E-state index contributed by atoms with van der Waals surface area (Å²) in [6.07, 6.45) is 0. The number of carbonyl (C=O) groups excluding carboxylic acids is 1. The zero-order valence-electron chi connectivity index (χ0n) is 11.3. The van der Waals surface area contributed by atoms with Crippen LogP contribution in [0.15, 0.2) is 24.3 Å². The summed E-state index contributed by atoms with van der Waals surface area (Å²) >= 11 is 0. The van der Waals surface area contributed by atoms with E-state index in [0.717, 1.165) is 13.1 Å². The van der Waals surface area contributed by atoms with Gasteiger partial charge in [-0.15, -0.1) is 0 Å². The van der Waals surface area contributed by atoms with Gasteiger partial charge in [-0.2, -0.15) is 0 Å². The van der Waals surface area contributed by atoms with Crippen molar-refractivity contribution in [1.82, 2.24) is 4.90 Å². The Morgan fingerprint density at radius 1 is 1.39 bits per heavy atom. The second kappa shape index (κ2) is 5.53. The van der Waals surface area contributed by atoms with Crippen molar-refractivity contribution in [2.45, 2.75) is 19.8 Å². The third-order valence-corrected chi connectivity index (χ3v) is 3.68. The van der Waals surface area contributed by atoms with Crippen molar-refractivity contribution in [3.05, 3.63) is 35.4 Å². The molecule has 3 nitrogen and oxygen atoms in total. The topological polar surface area (TPSA) is 29.5 Å². The van der Waals surface area contributed by atoms with Crippen LogP contribution in [0, 0.1) is 12.8 Å². The van der Waals surface area contributed by atoms with Crippen LogP contribution < -0.4 is 0 Å². The van der Waals surface area contributed by atoms with Crippen molar-refractivity contribution in [2.24, 2.45) is 5.92 Å². The number of ether oxygens (including phenoxy) is 1. The Morgan fingerprint density at radius 3 is 2.78 bits per heavy atom. The Balaban J connectivity index is 2.25. The van der Waals surface area contributed by atoms with E-state index < -0.39 is 0 Å². The van der Waals surface area contributed by atoms with E-state index in [1.165, 1.54) is 11.1 Å². The van der Waals surface area contributed by atoms with E-state index in [9.17, 15) is 4.79 Å². The first-order valence-corrected chi connectivity index (χ1v) is 6.54. The van der Waals surface area contributed by atoms with Crippen molar-refractivity contribution < 1.29 is 9.53 Å². The molecule has 0 saturated carbocycles. The van der Waals surface area contributed by atoms with Crippen molar-refractivity contribution in [3.63, 3.8) is 0 Å².